The van der Waals surface area contributed by atoms with E-state index in [1.165, 1.54) is 11.1 Å². The first kappa shape index (κ1) is 20.7. The van der Waals surface area contributed by atoms with Gasteiger partial charge in [-0.15, -0.1) is 0 Å². The lowest BCUT2D eigenvalue weighted by Gasteiger charge is -2.40. The molecule has 0 spiro atoms. The van der Waals surface area contributed by atoms with Gasteiger partial charge in [0.1, 0.15) is 5.60 Å². The topological polar surface area (TPSA) is 49.9 Å². The van der Waals surface area contributed by atoms with Crippen LogP contribution in [0.25, 0.3) is 0 Å². The number of carbonyl (C=O) groups excluding carboxylic acids is 2. The molecule has 2 amide bonds. The molecule has 0 radical (unpaired) electrons. The molecule has 0 saturated carbocycles. The van der Waals surface area contributed by atoms with Crippen molar-refractivity contribution in [2.45, 2.75) is 59.1 Å². The summed E-state index contributed by atoms with van der Waals surface area (Å²) < 4.78 is 6.50. The zero-order valence-electron chi connectivity index (χ0n) is 16.3. The van der Waals surface area contributed by atoms with Gasteiger partial charge in [0.05, 0.1) is 0 Å². The van der Waals surface area contributed by atoms with Gasteiger partial charge in [0.2, 0.25) is 5.91 Å². The number of aryl methyl sites for hydroxylation is 2. The van der Waals surface area contributed by atoms with Crippen LogP contribution in [0.15, 0.2) is 22.7 Å². The van der Waals surface area contributed by atoms with E-state index in [1.54, 1.807) is 4.90 Å². The average Bonchev–Trinajstić information content (AvgIpc) is 2.51. The third kappa shape index (κ3) is 5.73. The van der Waals surface area contributed by atoms with Gasteiger partial charge in [0, 0.05) is 36.6 Å². The normalized spacial score (nSPS) is 18.0. The molecule has 1 aromatic carbocycles. The van der Waals surface area contributed by atoms with Crippen LogP contribution in [0.5, 0.6) is 0 Å². The molecule has 1 fully saturated rings. The molecule has 1 heterocycles. The molecule has 0 aromatic heterocycles. The molecule has 0 N–H and O–H groups in total. The maximum Gasteiger partial charge on any atom is 0.410 e. The minimum absolute atomic E-state index is 0.0445. The van der Waals surface area contributed by atoms with Crippen LogP contribution >= 0.6 is 15.9 Å². The van der Waals surface area contributed by atoms with Crippen LogP contribution in [0, 0.1) is 6.92 Å². The molecule has 144 valence electrons. The van der Waals surface area contributed by atoms with Crippen molar-refractivity contribution in [1.82, 2.24) is 9.80 Å². The number of hydrogen-bond donors (Lipinski definition) is 0. The molecular weight excluding hydrogens is 396 g/mol. The number of piperazine rings is 1. The van der Waals surface area contributed by atoms with E-state index in [2.05, 4.69) is 35.0 Å². The van der Waals surface area contributed by atoms with Crippen LogP contribution in [-0.2, 0) is 16.0 Å². The highest BCUT2D eigenvalue weighted by Crippen LogP contribution is 2.19. The third-order valence-electron chi connectivity index (χ3n) is 4.52. The van der Waals surface area contributed by atoms with Crippen LogP contribution in [0.2, 0.25) is 0 Å². The van der Waals surface area contributed by atoms with E-state index < -0.39 is 5.60 Å². The van der Waals surface area contributed by atoms with Crippen LogP contribution < -0.4 is 0 Å². The van der Waals surface area contributed by atoms with Gasteiger partial charge >= 0.3 is 6.09 Å². The Morgan fingerprint density at radius 2 is 1.96 bits per heavy atom. The first-order valence-electron chi connectivity index (χ1n) is 9.09. The number of nitrogens with zero attached hydrogens (tertiary/aromatic N) is 2. The van der Waals surface area contributed by atoms with Crippen LogP contribution in [0.1, 0.15) is 45.2 Å². The van der Waals surface area contributed by atoms with Gasteiger partial charge in [-0.05, 0) is 64.3 Å². The molecule has 0 aliphatic carbocycles. The highest BCUT2D eigenvalue weighted by molar-refractivity contribution is 9.10. The Labute approximate surface area is 164 Å². The number of hydrogen-bond acceptors (Lipinski definition) is 3. The van der Waals surface area contributed by atoms with Crippen molar-refractivity contribution in [3.63, 3.8) is 0 Å². The highest BCUT2D eigenvalue weighted by atomic mass is 79.9. The summed E-state index contributed by atoms with van der Waals surface area (Å²) in [7, 11) is 0. The zero-order valence-corrected chi connectivity index (χ0v) is 17.9. The molecule has 5 nitrogen and oxygen atoms in total. The number of carbonyl (C=O) groups is 2. The van der Waals surface area contributed by atoms with E-state index in [9.17, 15) is 9.59 Å². The van der Waals surface area contributed by atoms with E-state index in [-0.39, 0.29) is 18.0 Å². The first-order valence-corrected chi connectivity index (χ1v) is 9.88. The Hall–Kier alpha value is -1.56. The number of rotatable bonds is 3. The number of halogens is 1. The fraction of sp³-hybridized carbons (Fsp3) is 0.600. The Morgan fingerprint density at radius 3 is 2.54 bits per heavy atom. The maximum atomic E-state index is 12.6. The molecule has 6 heteroatoms. The third-order valence-corrected chi connectivity index (χ3v) is 5.01. The van der Waals surface area contributed by atoms with Crippen molar-refractivity contribution in [2.24, 2.45) is 0 Å². The van der Waals surface area contributed by atoms with Crippen molar-refractivity contribution in [3.8, 4) is 0 Å². The zero-order chi connectivity index (χ0) is 19.5. The van der Waals surface area contributed by atoms with E-state index in [0.717, 1.165) is 10.9 Å². The van der Waals surface area contributed by atoms with E-state index in [4.69, 9.17) is 4.74 Å². The Balaban J connectivity index is 1.87. The average molecular weight is 425 g/mol. The molecule has 1 aliphatic rings. The largest absolute Gasteiger partial charge is 0.444 e. The van der Waals surface area contributed by atoms with Crippen molar-refractivity contribution in [3.05, 3.63) is 33.8 Å². The van der Waals surface area contributed by atoms with Gasteiger partial charge in [-0.1, -0.05) is 22.0 Å². The number of ether oxygens (including phenoxy) is 1. The highest BCUT2D eigenvalue weighted by Gasteiger charge is 2.32. The smallest absolute Gasteiger partial charge is 0.410 e. The van der Waals surface area contributed by atoms with Gasteiger partial charge < -0.3 is 14.5 Å². The Kier molecular flexibility index (Phi) is 6.72. The van der Waals surface area contributed by atoms with Gasteiger partial charge in [0.15, 0.2) is 0 Å². The summed E-state index contributed by atoms with van der Waals surface area (Å²) in [6.07, 6.45) is 0.919. The van der Waals surface area contributed by atoms with E-state index in [0.29, 0.717) is 26.1 Å². The monoisotopic (exact) mass is 424 g/mol. The van der Waals surface area contributed by atoms with Crippen molar-refractivity contribution < 1.29 is 14.3 Å². The minimum atomic E-state index is -0.508. The lowest BCUT2D eigenvalue weighted by molar-refractivity contribution is -0.134. The second-order valence-electron chi connectivity index (χ2n) is 7.93. The summed E-state index contributed by atoms with van der Waals surface area (Å²) in [5.74, 6) is 0.142. The van der Waals surface area contributed by atoms with Crippen LogP contribution in [-0.4, -0.2) is 53.1 Å². The van der Waals surface area contributed by atoms with E-state index >= 15 is 0 Å². The molecule has 1 unspecified atom stereocenters. The Morgan fingerprint density at radius 1 is 1.27 bits per heavy atom. The maximum absolute atomic E-state index is 12.6. The fourth-order valence-electron chi connectivity index (χ4n) is 3.12. The minimum Gasteiger partial charge on any atom is -0.444 e. The molecular formula is C20H29BrN2O3. The summed E-state index contributed by atoms with van der Waals surface area (Å²) in [5.41, 5.74) is 1.88. The predicted molar refractivity (Wildman–Crippen MR) is 106 cm³/mol. The summed E-state index contributed by atoms with van der Waals surface area (Å²) >= 11 is 3.46. The van der Waals surface area contributed by atoms with Gasteiger partial charge in [-0.2, -0.15) is 0 Å². The van der Waals surface area contributed by atoms with E-state index in [1.807, 2.05) is 38.7 Å². The van der Waals surface area contributed by atoms with Crippen LogP contribution in [0.4, 0.5) is 4.79 Å². The summed E-state index contributed by atoms with van der Waals surface area (Å²) in [6, 6.07) is 6.10. The molecule has 26 heavy (non-hydrogen) atoms. The summed E-state index contributed by atoms with van der Waals surface area (Å²) in [6.45, 7) is 11.2. The van der Waals surface area contributed by atoms with Crippen molar-refractivity contribution in [2.75, 3.05) is 19.6 Å². The molecule has 1 aromatic rings. The first-order chi connectivity index (χ1) is 12.1. The predicted octanol–water partition coefficient (Wildman–Crippen LogP) is 4.16. The standard InChI is InChI=1S/C20H29BrN2O3/c1-14-12-17(21)8-6-16(14)7-9-18(24)22-10-11-23(15(2)13-22)19(25)26-20(3,4)5/h6,8,12,15H,7,9-11,13H2,1-5H3. The Bertz CT molecular complexity index is 670. The number of benzene rings is 1. The lowest BCUT2D eigenvalue weighted by atomic mass is 10.0. The second-order valence-corrected chi connectivity index (χ2v) is 8.85. The second kappa shape index (κ2) is 8.42. The van der Waals surface area contributed by atoms with Gasteiger partial charge in [0.25, 0.3) is 0 Å². The molecule has 0 bridgehead atoms. The van der Waals surface area contributed by atoms with Crippen molar-refractivity contribution in [1.29, 1.82) is 0 Å². The van der Waals surface area contributed by atoms with Gasteiger partial charge in [-0.25, -0.2) is 4.79 Å². The molecule has 1 saturated heterocycles. The quantitative estimate of drug-likeness (QED) is 0.731. The fourth-order valence-corrected chi connectivity index (χ4v) is 3.59. The molecule has 2 rings (SSSR count). The van der Waals surface area contributed by atoms with Gasteiger partial charge in [-0.3, -0.25) is 4.79 Å². The lowest BCUT2D eigenvalue weighted by Crippen LogP contribution is -2.56. The van der Waals surface area contributed by atoms with Crippen LogP contribution in [0.3, 0.4) is 0 Å². The van der Waals surface area contributed by atoms with Crippen molar-refractivity contribution >= 4 is 27.9 Å². The molecule has 1 aliphatic heterocycles. The SMILES string of the molecule is Cc1cc(Br)ccc1CCC(=O)N1CCN(C(=O)OC(C)(C)C)C(C)C1. The number of amides is 2. The summed E-state index contributed by atoms with van der Waals surface area (Å²) in [5, 5.41) is 0. The molecule has 1 atom stereocenters. The summed E-state index contributed by atoms with van der Waals surface area (Å²) in [4.78, 5) is 28.4.